The summed E-state index contributed by atoms with van der Waals surface area (Å²) in [4.78, 5) is 21.5. The van der Waals surface area contributed by atoms with Crippen molar-refractivity contribution >= 4 is 11.9 Å². The molecule has 0 spiro atoms. The van der Waals surface area contributed by atoms with Crippen LogP contribution in [0.3, 0.4) is 0 Å². The number of halogens is 3. The van der Waals surface area contributed by atoms with Crippen LogP contribution < -0.4 is 0 Å². The van der Waals surface area contributed by atoms with Crippen LogP contribution in [0.2, 0.25) is 0 Å². The Hall–Kier alpha value is -1.27. The molecule has 1 rings (SSSR count). The molecule has 0 radical (unpaired) electrons. The quantitative estimate of drug-likeness (QED) is 0.691. The van der Waals surface area contributed by atoms with E-state index in [1.54, 1.807) is 0 Å². The molecule has 1 aliphatic heterocycles. The molecule has 0 aromatic heterocycles. The maximum atomic E-state index is 11.9. The monoisotopic (exact) mass is 211 g/mol. The lowest BCUT2D eigenvalue weighted by molar-refractivity contribution is -0.200. The molecule has 1 aliphatic rings. The van der Waals surface area contributed by atoms with Gasteiger partial charge in [-0.15, -0.1) is 0 Å². The zero-order chi connectivity index (χ0) is 11.1. The number of carbonyl (C=O) groups is 2. The molecule has 1 heterocycles. The standard InChI is InChI=1S/C7H8F3NO3/c1-3-2-4(5(12)13)11(3)6(14)7(8,9)10/h3-4H,2H2,1H3,(H,12,13). The van der Waals surface area contributed by atoms with Crippen molar-refractivity contribution in [1.29, 1.82) is 0 Å². The third-order valence-electron chi connectivity index (χ3n) is 2.14. The molecule has 0 aromatic carbocycles. The molecule has 1 N–H and O–H groups in total. The van der Waals surface area contributed by atoms with E-state index in [0.29, 0.717) is 4.90 Å². The number of likely N-dealkylation sites (tertiary alicyclic amines) is 1. The number of hydrogen-bond acceptors (Lipinski definition) is 2. The Kier molecular flexibility index (Phi) is 2.43. The number of carboxylic acid groups (broad SMARTS) is 1. The van der Waals surface area contributed by atoms with Crippen LogP contribution in [0.25, 0.3) is 0 Å². The number of nitrogens with zero attached hydrogens (tertiary/aromatic N) is 1. The van der Waals surface area contributed by atoms with Gasteiger partial charge in [-0.25, -0.2) is 4.79 Å². The maximum Gasteiger partial charge on any atom is 0.471 e. The van der Waals surface area contributed by atoms with Crippen molar-refractivity contribution in [3.63, 3.8) is 0 Å². The van der Waals surface area contributed by atoms with Gasteiger partial charge in [0.1, 0.15) is 6.04 Å². The van der Waals surface area contributed by atoms with Crippen LogP contribution >= 0.6 is 0 Å². The highest BCUT2D eigenvalue weighted by atomic mass is 19.4. The first kappa shape index (κ1) is 10.8. The van der Waals surface area contributed by atoms with Crippen molar-refractivity contribution in [3.05, 3.63) is 0 Å². The lowest BCUT2D eigenvalue weighted by atomic mass is 9.94. The maximum absolute atomic E-state index is 11.9. The van der Waals surface area contributed by atoms with Gasteiger partial charge >= 0.3 is 18.1 Å². The van der Waals surface area contributed by atoms with Gasteiger partial charge in [0.25, 0.3) is 0 Å². The molecular formula is C7H8F3NO3. The summed E-state index contributed by atoms with van der Waals surface area (Å²) >= 11 is 0. The highest BCUT2D eigenvalue weighted by Gasteiger charge is 2.52. The van der Waals surface area contributed by atoms with Crippen LogP contribution in [0.4, 0.5) is 13.2 Å². The SMILES string of the molecule is CC1CC(C(=O)O)N1C(=O)C(F)(F)F. The summed E-state index contributed by atoms with van der Waals surface area (Å²) in [5, 5.41) is 8.47. The normalized spacial score (nSPS) is 27.0. The average molecular weight is 211 g/mol. The van der Waals surface area contributed by atoms with Crippen LogP contribution in [0.5, 0.6) is 0 Å². The van der Waals surface area contributed by atoms with Crippen molar-refractivity contribution in [2.24, 2.45) is 0 Å². The van der Waals surface area contributed by atoms with E-state index >= 15 is 0 Å². The third kappa shape index (κ3) is 1.66. The predicted molar refractivity (Wildman–Crippen MR) is 38.4 cm³/mol. The number of amides is 1. The average Bonchev–Trinajstić information content (AvgIpc) is 1.97. The van der Waals surface area contributed by atoms with Crippen LogP contribution in [0.15, 0.2) is 0 Å². The molecule has 1 fully saturated rings. The Morgan fingerprint density at radius 2 is 1.93 bits per heavy atom. The van der Waals surface area contributed by atoms with Gasteiger partial charge in [0.15, 0.2) is 0 Å². The van der Waals surface area contributed by atoms with Gasteiger partial charge in [-0.1, -0.05) is 0 Å². The van der Waals surface area contributed by atoms with Crippen LogP contribution in [0, 0.1) is 0 Å². The second-order valence-electron chi connectivity index (χ2n) is 3.15. The highest BCUT2D eigenvalue weighted by Crippen LogP contribution is 2.31. The number of hydrogen-bond donors (Lipinski definition) is 1. The van der Waals surface area contributed by atoms with Crippen LogP contribution in [0.1, 0.15) is 13.3 Å². The first-order chi connectivity index (χ1) is 6.25. The Balaban J connectivity index is 2.77. The molecular weight excluding hydrogens is 203 g/mol. The summed E-state index contributed by atoms with van der Waals surface area (Å²) in [5.74, 6) is -3.48. The minimum atomic E-state index is -5.00. The van der Waals surface area contributed by atoms with Crippen molar-refractivity contribution in [1.82, 2.24) is 4.90 Å². The second kappa shape index (κ2) is 3.14. The van der Waals surface area contributed by atoms with Gasteiger partial charge in [-0.3, -0.25) is 4.79 Å². The Morgan fingerprint density at radius 3 is 2.21 bits per heavy atom. The number of alkyl halides is 3. The van der Waals surface area contributed by atoms with Gasteiger partial charge in [0.2, 0.25) is 0 Å². The highest BCUT2D eigenvalue weighted by molar-refractivity contribution is 5.89. The summed E-state index contributed by atoms with van der Waals surface area (Å²) in [7, 11) is 0. The van der Waals surface area contributed by atoms with E-state index < -0.39 is 30.1 Å². The molecule has 1 saturated heterocycles. The lowest BCUT2D eigenvalue weighted by Crippen LogP contribution is -2.63. The number of rotatable bonds is 1. The van der Waals surface area contributed by atoms with E-state index in [9.17, 15) is 22.8 Å². The molecule has 1 amide bonds. The molecule has 0 bridgehead atoms. The fourth-order valence-corrected chi connectivity index (χ4v) is 1.43. The van der Waals surface area contributed by atoms with Gasteiger partial charge in [0.05, 0.1) is 0 Å². The molecule has 14 heavy (non-hydrogen) atoms. The van der Waals surface area contributed by atoms with Gasteiger partial charge in [-0.05, 0) is 13.3 Å². The Bertz CT molecular complexity index is 276. The van der Waals surface area contributed by atoms with Crippen LogP contribution in [-0.2, 0) is 9.59 Å². The van der Waals surface area contributed by atoms with Crippen molar-refractivity contribution < 1.29 is 27.9 Å². The zero-order valence-corrected chi connectivity index (χ0v) is 7.21. The second-order valence-corrected chi connectivity index (χ2v) is 3.15. The minimum Gasteiger partial charge on any atom is -0.480 e. The largest absolute Gasteiger partial charge is 0.480 e. The fraction of sp³-hybridized carbons (Fsp3) is 0.714. The summed E-state index contributed by atoms with van der Waals surface area (Å²) in [6.07, 6.45) is -4.93. The summed E-state index contributed by atoms with van der Waals surface area (Å²) in [5.41, 5.74) is 0. The van der Waals surface area contributed by atoms with Crippen molar-refractivity contribution in [2.75, 3.05) is 0 Å². The molecule has 2 unspecified atom stereocenters. The predicted octanol–water partition coefficient (Wildman–Crippen LogP) is 0.623. The van der Waals surface area contributed by atoms with E-state index in [1.165, 1.54) is 6.92 Å². The van der Waals surface area contributed by atoms with E-state index in [2.05, 4.69) is 0 Å². The lowest BCUT2D eigenvalue weighted by Gasteiger charge is -2.44. The first-order valence-electron chi connectivity index (χ1n) is 3.87. The van der Waals surface area contributed by atoms with E-state index in [1.807, 2.05) is 0 Å². The van der Waals surface area contributed by atoms with Crippen molar-refractivity contribution in [2.45, 2.75) is 31.6 Å². The number of carbonyl (C=O) groups excluding carboxylic acids is 1. The molecule has 4 nitrogen and oxygen atoms in total. The van der Waals surface area contributed by atoms with Crippen molar-refractivity contribution in [3.8, 4) is 0 Å². The minimum absolute atomic E-state index is 0.0666. The van der Waals surface area contributed by atoms with Gasteiger partial charge in [0, 0.05) is 6.04 Å². The number of carboxylic acids is 1. The molecule has 0 aromatic rings. The van der Waals surface area contributed by atoms with Crippen LogP contribution in [-0.4, -0.2) is 40.1 Å². The third-order valence-corrected chi connectivity index (χ3v) is 2.14. The molecule has 0 saturated carbocycles. The van der Waals surface area contributed by atoms with E-state index in [0.717, 1.165) is 0 Å². The zero-order valence-electron chi connectivity index (χ0n) is 7.21. The number of aliphatic carboxylic acids is 1. The Morgan fingerprint density at radius 1 is 1.43 bits per heavy atom. The molecule has 7 heteroatoms. The van der Waals surface area contributed by atoms with Gasteiger partial charge < -0.3 is 10.0 Å². The van der Waals surface area contributed by atoms with E-state index in [4.69, 9.17) is 5.11 Å². The van der Waals surface area contributed by atoms with E-state index in [-0.39, 0.29) is 6.42 Å². The topological polar surface area (TPSA) is 57.6 Å². The molecule has 2 atom stereocenters. The molecule has 80 valence electrons. The Labute approximate surface area is 77.3 Å². The first-order valence-corrected chi connectivity index (χ1v) is 3.87. The summed E-state index contributed by atoms with van der Waals surface area (Å²) < 4.78 is 35.8. The summed E-state index contributed by atoms with van der Waals surface area (Å²) in [6, 6.07) is -2.00. The molecule has 0 aliphatic carbocycles. The summed E-state index contributed by atoms with van der Waals surface area (Å²) in [6.45, 7) is 1.38. The fourth-order valence-electron chi connectivity index (χ4n) is 1.43. The smallest absolute Gasteiger partial charge is 0.471 e. The van der Waals surface area contributed by atoms with Gasteiger partial charge in [-0.2, -0.15) is 13.2 Å².